The molecule has 2 heterocycles. The van der Waals surface area contributed by atoms with Gasteiger partial charge in [0.1, 0.15) is 5.82 Å². The lowest BCUT2D eigenvalue weighted by Gasteiger charge is -2.01. The van der Waals surface area contributed by atoms with Gasteiger partial charge in [-0.2, -0.15) is 0 Å². The van der Waals surface area contributed by atoms with Crippen LogP contribution < -0.4 is 5.32 Å². The minimum atomic E-state index is -0.988. The highest BCUT2D eigenvalue weighted by molar-refractivity contribution is 7.11. The molecule has 7 heteroatoms. The van der Waals surface area contributed by atoms with Crippen molar-refractivity contribution in [2.24, 2.45) is 0 Å². The van der Waals surface area contributed by atoms with Crippen LogP contribution in [0.2, 0.25) is 0 Å². The van der Waals surface area contributed by atoms with Crippen LogP contribution in [-0.4, -0.2) is 27.6 Å². The second-order valence-electron chi connectivity index (χ2n) is 5.24. The SMILES string of the molecule is Cc1sc(CCNCc2cc3c(F)cccc3[nH]2)nc1C(=O)O. The molecule has 0 aliphatic heterocycles. The Hall–Kier alpha value is -2.25. The summed E-state index contributed by atoms with van der Waals surface area (Å²) in [7, 11) is 0. The van der Waals surface area contributed by atoms with Crippen LogP contribution in [0, 0.1) is 12.7 Å². The molecule has 1 aromatic carbocycles. The molecule has 0 aliphatic rings. The molecule has 0 saturated carbocycles. The molecule has 0 atom stereocenters. The normalized spacial score (nSPS) is 11.2. The molecule has 0 saturated heterocycles. The van der Waals surface area contributed by atoms with Gasteiger partial charge in [-0.05, 0) is 25.1 Å². The first-order valence-electron chi connectivity index (χ1n) is 7.21. The average molecular weight is 333 g/mol. The molecule has 0 spiro atoms. The van der Waals surface area contributed by atoms with E-state index in [0.717, 1.165) is 21.1 Å². The number of hydrogen-bond donors (Lipinski definition) is 3. The van der Waals surface area contributed by atoms with Crippen molar-refractivity contribution in [3.63, 3.8) is 0 Å². The van der Waals surface area contributed by atoms with Crippen molar-refractivity contribution in [2.75, 3.05) is 6.54 Å². The van der Waals surface area contributed by atoms with Gasteiger partial charge in [-0.25, -0.2) is 14.2 Å². The van der Waals surface area contributed by atoms with E-state index in [9.17, 15) is 9.18 Å². The van der Waals surface area contributed by atoms with Gasteiger partial charge in [0, 0.05) is 41.0 Å². The van der Waals surface area contributed by atoms with E-state index < -0.39 is 5.97 Å². The number of thiazole rings is 1. The summed E-state index contributed by atoms with van der Waals surface area (Å²) < 4.78 is 13.6. The van der Waals surface area contributed by atoms with Gasteiger partial charge < -0.3 is 15.4 Å². The van der Waals surface area contributed by atoms with E-state index in [2.05, 4.69) is 15.3 Å². The number of nitrogens with one attached hydrogen (secondary N) is 2. The number of rotatable bonds is 6. The van der Waals surface area contributed by atoms with Crippen molar-refractivity contribution >= 4 is 28.2 Å². The number of aromatic nitrogens is 2. The predicted octanol–water partition coefficient (Wildman–Crippen LogP) is 3.10. The summed E-state index contributed by atoms with van der Waals surface area (Å²) >= 11 is 1.41. The molecule has 3 aromatic rings. The molecule has 5 nitrogen and oxygen atoms in total. The van der Waals surface area contributed by atoms with Crippen LogP contribution in [0.15, 0.2) is 24.3 Å². The third-order valence-corrected chi connectivity index (χ3v) is 4.57. The van der Waals surface area contributed by atoms with Gasteiger partial charge in [-0.1, -0.05) is 6.07 Å². The van der Waals surface area contributed by atoms with Crippen LogP contribution in [0.25, 0.3) is 10.9 Å². The molecule has 0 unspecified atom stereocenters. The molecule has 0 fully saturated rings. The number of benzene rings is 1. The van der Waals surface area contributed by atoms with Crippen LogP contribution >= 0.6 is 11.3 Å². The van der Waals surface area contributed by atoms with Crippen molar-refractivity contribution < 1.29 is 14.3 Å². The Balaban J connectivity index is 1.56. The molecular weight excluding hydrogens is 317 g/mol. The van der Waals surface area contributed by atoms with E-state index in [0.29, 0.717) is 24.9 Å². The maximum absolute atomic E-state index is 13.6. The number of carboxylic acids is 1. The van der Waals surface area contributed by atoms with Gasteiger partial charge in [0.05, 0.1) is 5.01 Å². The number of fused-ring (bicyclic) bond motifs is 1. The van der Waals surface area contributed by atoms with Gasteiger partial charge >= 0.3 is 5.97 Å². The number of H-pyrrole nitrogens is 1. The summed E-state index contributed by atoms with van der Waals surface area (Å²) in [4.78, 5) is 19.0. The van der Waals surface area contributed by atoms with Crippen molar-refractivity contribution in [1.82, 2.24) is 15.3 Å². The van der Waals surface area contributed by atoms with E-state index >= 15 is 0 Å². The standard InChI is InChI=1S/C16H16FN3O2S/c1-9-15(16(21)22)20-14(23-9)5-6-18-8-10-7-11-12(17)3-2-4-13(11)19-10/h2-4,7,18-19H,5-6,8H2,1H3,(H,21,22). The predicted molar refractivity (Wildman–Crippen MR) is 87.5 cm³/mol. The Labute approximate surface area is 136 Å². The van der Waals surface area contributed by atoms with Gasteiger partial charge in [-0.15, -0.1) is 11.3 Å². The Morgan fingerprint density at radius 1 is 1.48 bits per heavy atom. The second kappa shape index (κ2) is 6.47. The lowest BCUT2D eigenvalue weighted by Crippen LogP contribution is -2.16. The van der Waals surface area contributed by atoms with Crippen LogP contribution in [0.1, 0.15) is 26.1 Å². The van der Waals surface area contributed by atoms with Gasteiger partial charge in [0.2, 0.25) is 0 Å². The number of carbonyl (C=O) groups is 1. The van der Waals surface area contributed by atoms with Crippen molar-refractivity contribution in [1.29, 1.82) is 0 Å². The minimum Gasteiger partial charge on any atom is -0.476 e. The summed E-state index contributed by atoms with van der Waals surface area (Å²) in [5.74, 6) is -1.22. The van der Waals surface area contributed by atoms with E-state index in [4.69, 9.17) is 5.11 Å². The molecule has 23 heavy (non-hydrogen) atoms. The summed E-state index contributed by atoms with van der Waals surface area (Å²) in [6.07, 6.45) is 0.660. The van der Waals surface area contributed by atoms with Crippen molar-refractivity contribution in [3.05, 3.63) is 51.4 Å². The summed E-state index contributed by atoms with van der Waals surface area (Å²) in [6, 6.07) is 6.76. The van der Waals surface area contributed by atoms with E-state index in [1.807, 2.05) is 6.07 Å². The summed E-state index contributed by atoms with van der Waals surface area (Å²) in [6.45, 7) is 3.02. The largest absolute Gasteiger partial charge is 0.476 e. The highest BCUT2D eigenvalue weighted by atomic mass is 32.1. The maximum atomic E-state index is 13.6. The first-order valence-corrected chi connectivity index (χ1v) is 8.02. The average Bonchev–Trinajstić information content (AvgIpc) is 3.08. The fourth-order valence-corrected chi connectivity index (χ4v) is 3.37. The van der Waals surface area contributed by atoms with Crippen molar-refractivity contribution in [2.45, 2.75) is 19.9 Å². The lowest BCUT2D eigenvalue weighted by molar-refractivity contribution is 0.0690. The van der Waals surface area contributed by atoms with Crippen molar-refractivity contribution in [3.8, 4) is 0 Å². The van der Waals surface area contributed by atoms with Crippen LogP contribution in [0.4, 0.5) is 4.39 Å². The first-order chi connectivity index (χ1) is 11.0. The molecular formula is C16H16FN3O2S. The number of aromatic amines is 1. The summed E-state index contributed by atoms with van der Waals surface area (Å²) in [5, 5.41) is 13.6. The number of halogens is 1. The molecule has 0 bridgehead atoms. The smallest absolute Gasteiger partial charge is 0.355 e. The van der Waals surface area contributed by atoms with Crippen LogP contribution in [0.3, 0.4) is 0 Å². The highest BCUT2D eigenvalue weighted by Gasteiger charge is 2.13. The minimum absolute atomic E-state index is 0.135. The van der Waals surface area contributed by atoms with Gasteiger partial charge in [-0.3, -0.25) is 0 Å². The van der Waals surface area contributed by atoms with Crippen LogP contribution in [-0.2, 0) is 13.0 Å². The molecule has 120 valence electrons. The maximum Gasteiger partial charge on any atom is 0.355 e. The fourth-order valence-electron chi connectivity index (χ4n) is 2.45. The molecule has 3 rings (SSSR count). The zero-order valence-corrected chi connectivity index (χ0v) is 13.3. The second-order valence-corrected chi connectivity index (χ2v) is 6.53. The zero-order chi connectivity index (χ0) is 16.4. The number of aryl methyl sites for hydroxylation is 1. The molecule has 0 radical (unpaired) electrons. The summed E-state index contributed by atoms with van der Waals surface area (Å²) in [5.41, 5.74) is 1.83. The number of carboxylic acid groups (broad SMARTS) is 1. The van der Waals surface area contributed by atoms with E-state index in [1.54, 1.807) is 19.1 Å². The van der Waals surface area contributed by atoms with E-state index in [-0.39, 0.29) is 11.5 Å². The Morgan fingerprint density at radius 2 is 2.30 bits per heavy atom. The van der Waals surface area contributed by atoms with Gasteiger partial charge in [0.15, 0.2) is 5.69 Å². The third kappa shape index (κ3) is 3.40. The molecule has 3 N–H and O–H groups in total. The lowest BCUT2D eigenvalue weighted by atomic mass is 10.2. The first kappa shape index (κ1) is 15.6. The molecule has 2 aromatic heterocycles. The quantitative estimate of drug-likeness (QED) is 0.606. The topological polar surface area (TPSA) is 78.0 Å². The number of nitrogens with zero attached hydrogens (tertiary/aromatic N) is 1. The highest BCUT2D eigenvalue weighted by Crippen LogP contribution is 2.19. The molecule has 0 amide bonds. The monoisotopic (exact) mass is 333 g/mol. The van der Waals surface area contributed by atoms with E-state index in [1.165, 1.54) is 17.4 Å². The number of hydrogen-bond acceptors (Lipinski definition) is 4. The fraction of sp³-hybridized carbons (Fsp3) is 0.250. The Bertz CT molecular complexity index is 856. The number of aromatic carboxylic acids is 1. The van der Waals surface area contributed by atoms with Crippen LogP contribution in [0.5, 0.6) is 0 Å². The van der Waals surface area contributed by atoms with Gasteiger partial charge in [0.25, 0.3) is 0 Å². The zero-order valence-electron chi connectivity index (χ0n) is 12.5. The third-order valence-electron chi connectivity index (χ3n) is 3.54. The molecule has 0 aliphatic carbocycles. The Kier molecular flexibility index (Phi) is 4.40. The Morgan fingerprint density at radius 3 is 3.00 bits per heavy atom.